The maximum absolute atomic E-state index is 13.8. The number of ether oxygens (including phenoxy) is 1. The zero-order valence-corrected chi connectivity index (χ0v) is 14.8. The van der Waals surface area contributed by atoms with Crippen molar-refractivity contribution in [3.05, 3.63) is 30.6 Å². The van der Waals surface area contributed by atoms with Crippen LogP contribution < -0.4 is 9.64 Å². The highest BCUT2D eigenvalue weighted by molar-refractivity contribution is 5.93. The van der Waals surface area contributed by atoms with E-state index in [1.54, 1.807) is 6.92 Å². The van der Waals surface area contributed by atoms with Gasteiger partial charge in [0.1, 0.15) is 34.9 Å². The van der Waals surface area contributed by atoms with Crippen LogP contribution in [0.15, 0.2) is 30.6 Å². The maximum Gasteiger partial charge on any atom is 0.143 e. The molecule has 1 N–H and O–H groups in total. The summed E-state index contributed by atoms with van der Waals surface area (Å²) in [6.45, 7) is 4.42. The summed E-state index contributed by atoms with van der Waals surface area (Å²) in [5, 5.41) is 8.42. The third-order valence-electron chi connectivity index (χ3n) is 5.11. The second-order valence-electron chi connectivity index (χ2n) is 7.86. The number of nitrogens with zero attached hydrogens (tertiary/aromatic N) is 4. The first kappa shape index (κ1) is 15.5. The van der Waals surface area contributed by atoms with Crippen molar-refractivity contribution in [2.24, 2.45) is 0 Å². The van der Waals surface area contributed by atoms with Crippen LogP contribution in [0.2, 0.25) is 0 Å². The van der Waals surface area contributed by atoms with Gasteiger partial charge in [0.15, 0.2) is 0 Å². The molecule has 2 aromatic heterocycles. The number of benzene rings is 1. The van der Waals surface area contributed by atoms with Crippen molar-refractivity contribution in [2.75, 3.05) is 18.0 Å². The van der Waals surface area contributed by atoms with E-state index in [2.05, 4.69) is 27.1 Å². The number of hydrogen-bond donors (Lipinski definition) is 1. The van der Waals surface area contributed by atoms with Crippen LogP contribution in [0.25, 0.3) is 22.3 Å². The molecule has 3 aromatic rings. The number of aromatic amines is 1. The molecule has 0 unspecified atom stereocenters. The molecule has 1 saturated carbocycles. The molecule has 134 valence electrons. The maximum atomic E-state index is 13.8. The molecule has 2 aliphatic rings. The Hall–Kier alpha value is -2.70. The highest BCUT2D eigenvalue weighted by Gasteiger charge is 2.40. The molecule has 0 spiro atoms. The van der Waals surface area contributed by atoms with Gasteiger partial charge in [-0.3, -0.25) is 5.10 Å². The Bertz CT molecular complexity index is 987. The van der Waals surface area contributed by atoms with Gasteiger partial charge in [-0.25, -0.2) is 14.4 Å². The largest absolute Gasteiger partial charge is 0.488 e. The SMILES string of the molecule is CC1(F)CN(c2cc(-c3n[nH]c4ccc(OC5(C)CC5)cc34)ncn2)C1. The Balaban J connectivity index is 1.49. The van der Waals surface area contributed by atoms with E-state index < -0.39 is 5.67 Å². The van der Waals surface area contributed by atoms with Gasteiger partial charge in [-0.2, -0.15) is 5.10 Å². The molecule has 0 radical (unpaired) electrons. The first-order valence-corrected chi connectivity index (χ1v) is 8.84. The summed E-state index contributed by atoms with van der Waals surface area (Å²) in [6.07, 6.45) is 3.68. The Morgan fingerprint density at radius 3 is 2.69 bits per heavy atom. The summed E-state index contributed by atoms with van der Waals surface area (Å²) in [6, 6.07) is 7.79. The summed E-state index contributed by atoms with van der Waals surface area (Å²) in [5.41, 5.74) is 1.21. The highest BCUT2D eigenvalue weighted by Crippen LogP contribution is 2.40. The van der Waals surface area contributed by atoms with Crippen molar-refractivity contribution >= 4 is 16.7 Å². The van der Waals surface area contributed by atoms with Crippen molar-refractivity contribution in [3.63, 3.8) is 0 Å². The van der Waals surface area contributed by atoms with Crippen LogP contribution in [0.4, 0.5) is 10.2 Å². The van der Waals surface area contributed by atoms with Gasteiger partial charge in [0.05, 0.1) is 24.3 Å². The minimum Gasteiger partial charge on any atom is -0.488 e. The average Bonchev–Trinajstić information content (AvgIpc) is 3.16. The number of rotatable bonds is 4. The molecule has 2 fully saturated rings. The van der Waals surface area contributed by atoms with E-state index in [4.69, 9.17) is 4.74 Å². The summed E-state index contributed by atoms with van der Waals surface area (Å²) in [7, 11) is 0. The molecule has 1 aliphatic carbocycles. The normalized spacial score (nSPS) is 20.0. The van der Waals surface area contributed by atoms with Crippen LogP contribution in [0, 0.1) is 0 Å². The third kappa shape index (κ3) is 2.67. The van der Waals surface area contributed by atoms with Gasteiger partial charge < -0.3 is 9.64 Å². The molecular weight excluding hydrogens is 333 g/mol. The van der Waals surface area contributed by atoms with Gasteiger partial charge in [0.2, 0.25) is 0 Å². The van der Waals surface area contributed by atoms with E-state index in [1.165, 1.54) is 6.33 Å². The number of hydrogen-bond acceptors (Lipinski definition) is 5. The molecule has 3 heterocycles. The molecule has 5 rings (SSSR count). The van der Waals surface area contributed by atoms with E-state index >= 15 is 0 Å². The molecule has 1 aromatic carbocycles. The van der Waals surface area contributed by atoms with Gasteiger partial charge in [0.25, 0.3) is 0 Å². The number of H-pyrrole nitrogens is 1. The first-order valence-electron chi connectivity index (χ1n) is 8.84. The van der Waals surface area contributed by atoms with Gasteiger partial charge in [0, 0.05) is 11.5 Å². The molecule has 0 bridgehead atoms. The number of nitrogens with one attached hydrogen (secondary N) is 1. The summed E-state index contributed by atoms with van der Waals surface area (Å²) >= 11 is 0. The Kier molecular flexibility index (Phi) is 3.08. The van der Waals surface area contributed by atoms with Crippen molar-refractivity contribution in [2.45, 2.75) is 38.0 Å². The lowest BCUT2D eigenvalue weighted by atomic mass is 9.99. The number of fused-ring (bicyclic) bond motifs is 1. The Morgan fingerprint density at radius 1 is 1.15 bits per heavy atom. The minimum atomic E-state index is -1.14. The lowest BCUT2D eigenvalue weighted by Crippen LogP contribution is -2.57. The Labute approximate surface area is 150 Å². The number of alkyl halides is 1. The standard InChI is InChI=1S/C19H20FN5O/c1-18(20)9-25(10-18)16-8-15(21-11-22-16)17-13-7-12(26-19(2)5-6-19)3-4-14(13)23-24-17/h3-4,7-8,11H,5-6,9-10H2,1-2H3,(H,23,24). The quantitative estimate of drug-likeness (QED) is 0.778. The van der Waals surface area contributed by atoms with E-state index in [0.717, 1.165) is 41.0 Å². The molecule has 0 amide bonds. The fourth-order valence-corrected chi connectivity index (χ4v) is 3.38. The van der Waals surface area contributed by atoms with Crippen LogP contribution in [0.3, 0.4) is 0 Å². The molecular formula is C19H20FN5O. The number of anilines is 1. The van der Waals surface area contributed by atoms with Gasteiger partial charge >= 0.3 is 0 Å². The number of halogens is 1. The van der Waals surface area contributed by atoms with Crippen molar-refractivity contribution in [3.8, 4) is 17.1 Å². The second-order valence-corrected chi connectivity index (χ2v) is 7.86. The van der Waals surface area contributed by atoms with Gasteiger partial charge in [-0.1, -0.05) is 0 Å². The monoisotopic (exact) mass is 353 g/mol. The van der Waals surface area contributed by atoms with Gasteiger partial charge in [-0.15, -0.1) is 0 Å². The number of aromatic nitrogens is 4. The zero-order chi connectivity index (χ0) is 17.9. The van der Waals surface area contributed by atoms with Crippen LogP contribution >= 0.6 is 0 Å². The molecule has 0 atom stereocenters. The highest BCUT2D eigenvalue weighted by atomic mass is 19.1. The summed E-state index contributed by atoms with van der Waals surface area (Å²) in [4.78, 5) is 10.6. The second kappa shape index (κ2) is 5.16. The Morgan fingerprint density at radius 2 is 1.96 bits per heavy atom. The van der Waals surface area contributed by atoms with Crippen LogP contribution in [0.1, 0.15) is 26.7 Å². The van der Waals surface area contributed by atoms with Crippen molar-refractivity contribution in [1.29, 1.82) is 0 Å². The minimum absolute atomic E-state index is 0.0316. The summed E-state index contributed by atoms with van der Waals surface area (Å²) in [5.74, 6) is 1.56. The molecule has 6 nitrogen and oxygen atoms in total. The molecule has 1 saturated heterocycles. The predicted octanol–water partition coefficient (Wildman–Crippen LogP) is 3.50. The third-order valence-corrected chi connectivity index (χ3v) is 5.11. The zero-order valence-electron chi connectivity index (χ0n) is 14.8. The lowest BCUT2D eigenvalue weighted by Gasteiger charge is -2.42. The van der Waals surface area contributed by atoms with E-state index in [1.807, 2.05) is 29.2 Å². The fraction of sp³-hybridized carbons (Fsp3) is 0.421. The average molecular weight is 353 g/mol. The lowest BCUT2D eigenvalue weighted by molar-refractivity contribution is 0.143. The van der Waals surface area contributed by atoms with Gasteiger partial charge in [-0.05, 0) is 44.9 Å². The van der Waals surface area contributed by atoms with Crippen molar-refractivity contribution in [1.82, 2.24) is 20.2 Å². The summed E-state index contributed by atoms with van der Waals surface area (Å²) < 4.78 is 19.9. The molecule has 1 aliphatic heterocycles. The first-order chi connectivity index (χ1) is 12.4. The molecule has 26 heavy (non-hydrogen) atoms. The van der Waals surface area contributed by atoms with Crippen LogP contribution in [-0.4, -0.2) is 44.5 Å². The van der Waals surface area contributed by atoms with Crippen LogP contribution in [-0.2, 0) is 0 Å². The fourth-order valence-electron chi connectivity index (χ4n) is 3.38. The molecule has 7 heteroatoms. The van der Waals surface area contributed by atoms with Crippen LogP contribution in [0.5, 0.6) is 5.75 Å². The predicted molar refractivity (Wildman–Crippen MR) is 97.1 cm³/mol. The van der Waals surface area contributed by atoms with E-state index in [9.17, 15) is 4.39 Å². The smallest absolute Gasteiger partial charge is 0.143 e. The van der Waals surface area contributed by atoms with E-state index in [-0.39, 0.29) is 5.60 Å². The topological polar surface area (TPSA) is 66.9 Å². The van der Waals surface area contributed by atoms with E-state index in [0.29, 0.717) is 18.8 Å². The van der Waals surface area contributed by atoms with Crippen molar-refractivity contribution < 1.29 is 9.13 Å².